The highest BCUT2D eigenvalue weighted by molar-refractivity contribution is 9.10. The van der Waals surface area contributed by atoms with E-state index in [0.717, 1.165) is 11.0 Å². The predicted molar refractivity (Wildman–Crippen MR) is 90.8 cm³/mol. The highest BCUT2D eigenvalue weighted by Crippen LogP contribution is 2.17. The Hall–Kier alpha value is -1.14. The molecule has 1 aromatic heterocycles. The number of aromatic nitrogens is 1. The summed E-state index contributed by atoms with van der Waals surface area (Å²) in [6.45, 7) is 10.1. The van der Waals surface area contributed by atoms with Crippen LogP contribution in [-0.2, 0) is 0 Å². The van der Waals surface area contributed by atoms with Crippen LogP contribution in [0.25, 0.3) is 0 Å². The smallest absolute Gasteiger partial charge is 0.255 e. The number of carbonyl (C=O) groups is 1. The highest BCUT2D eigenvalue weighted by Gasteiger charge is 2.15. The Labute approximate surface area is 135 Å². The van der Waals surface area contributed by atoms with Crippen molar-refractivity contribution >= 4 is 27.7 Å². The maximum atomic E-state index is 12.3. The summed E-state index contributed by atoms with van der Waals surface area (Å²) in [6.07, 6.45) is 1.67. The number of hydrogen-bond acceptors (Lipinski definition) is 4. The lowest BCUT2D eigenvalue weighted by Gasteiger charge is -2.30. The first kappa shape index (κ1) is 17.9. The Bertz CT molecular complexity index is 469. The number of pyridine rings is 1. The summed E-state index contributed by atoms with van der Waals surface area (Å²) in [4.78, 5) is 18.8. The molecule has 6 heteroatoms. The minimum Gasteiger partial charge on any atom is -0.372 e. The second-order valence-corrected chi connectivity index (χ2v) is 6.40. The van der Waals surface area contributed by atoms with Gasteiger partial charge in [0, 0.05) is 42.9 Å². The van der Waals surface area contributed by atoms with E-state index in [2.05, 4.69) is 64.1 Å². The molecule has 1 heterocycles. The number of nitrogens with one attached hydrogen (secondary N) is 2. The lowest BCUT2D eigenvalue weighted by atomic mass is 10.2. The second kappa shape index (κ2) is 8.34. The quantitative estimate of drug-likeness (QED) is 0.788. The molecular formula is C15H25BrN4O. The molecule has 0 aromatic carbocycles. The maximum Gasteiger partial charge on any atom is 0.255 e. The lowest BCUT2D eigenvalue weighted by Crippen LogP contribution is -2.42. The number of rotatable bonds is 7. The van der Waals surface area contributed by atoms with E-state index in [9.17, 15) is 4.79 Å². The highest BCUT2D eigenvalue weighted by atomic mass is 79.9. The van der Waals surface area contributed by atoms with Gasteiger partial charge in [0.05, 0.1) is 5.56 Å². The zero-order chi connectivity index (χ0) is 16.0. The molecule has 0 aliphatic heterocycles. The van der Waals surface area contributed by atoms with Crippen LogP contribution in [0, 0.1) is 0 Å². The number of anilines is 1. The molecule has 1 rings (SSSR count). The molecule has 0 unspecified atom stereocenters. The molecule has 0 bridgehead atoms. The van der Waals surface area contributed by atoms with E-state index in [4.69, 9.17) is 0 Å². The number of carbonyl (C=O) groups excluding carboxylic acids is 1. The van der Waals surface area contributed by atoms with Crippen LogP contribution in [0.2, 0.25) is 0 Å². The van der Waals surface area contributed by atoms with Gasteiger partial charge in [-0.3, -0.25) is 9.69 Å². The Morgan fingerprint density at radius 3 is 2.48 bits per heavy atom. The van der Waals surface area contributed by atoms with E-state index < -0.39 is 0 Å². The Balaban J connectivity index is 2.64. The first-order valence-electron chi connectivity index (χ1n) is 7.24. The Morgan fingerprint density at radius 2 is 1.95 bits per heavy atom. The minimum atomic E-state index is -0.111. The molecule has 0 saturated carbocycles. The van der Waals surface area contributed by atoms with Crippen LogP contribution in [0.5, 0.6) is 0 Å². The number of halogens is 1. The van der Waals surface area contributed by atoms with Gasteiger partial charge in [-0.2, -0.15) is 0 Å². The molecule has 0 aliphatic carbocycles. The van der Waals surface area contributed by atoms with Crippen molar-refractivity contribution in [1.29, 1.82) is 0 Å². The molecule has 0 saturated heterocycles. The first-order valence-corrected chi connectivity index (χ1v) is 8.03. The first-order chi connectivity index (χ1) is 9.86. The summed E-state index contributed by atoms with van der Waals surface area (Å²) in [5, 5.41) is 5.90. The zero-order valence-corrected chi connectivity index (χ0v) is 15.0. The van der Waals surface area contributed by atoms with E-state index in [1.54, 1.807) is 19.3 Å². The van der Waals surface area contributed by atoms with E-state index in [1.165, 1.54) is 0 Å². The van der Waals surface area contributed by atoms with Gasteiger partial charge in [0.2, 0.25) is 0 Å². The third-order valence-corrected chi connectivity index (χ3v) is 3.75. The summed E-state index contributed by atoms with van der Waals surface area (Å²) in [5.74, 6) is 0.473. The Morgan fingerprint density at radius 1 is 1.33 bits per heavy atom. The van der Waals surface area contributed by atoms with Crippen molar-refractivity contribution in [2.24, 2.45) is 0 Å². The van der Waals surface area contributed by atoms with Crippen molar-refractivity contribution < 1.29 is 4.79 Å². The van der Waals surface area contributed by atoms with Gasteiger partial charge in [0.25, 0.3) is 5.91 Å². The van der Waals surface area contributed by atoms with Crippen LogP contribution in [0.1, 0.15) is 38.1 Å². The van der Waals surface area contributed by atoms with Crippen molar-refractivity contribution in [1.82, 2.24) is 15.2 Å². The van der Waals surface area contributed by atoms with Crippen molar-refractivity contribution in [2.75, 3.05) is 25.5 Å². The average molecular weight is 357 g/mol. The molecule has 2 N–H and O–H groups in total. The fourth-order valence-corrected chi connectivity index (χ4v) is 2.65. The van der Waals surface area contributed by atoms with E-state index in [1.807, 2.05) is 0 Å². The zero-order valence-electron chi connectivity index (χ0n) is 13.4. The van der Waals surface area contributed by atoms with Crippen LogP contribution in [-0.4, -0.2) is 48.0 Å². The summed E-state index contributed by atoms with van der Waals surface area (Å²) < 4.78 is 0.789. The number of hydrogen-bond donors (Lipinski definition) is 2. The summed E-state index contributed by atoms with van der Waals surface area (Å²) in [6, 6.07) is 2.70. The monoisotopic (exact) mass is 356 g/mol. The third-order valence-electron chi connectivity index (χ3n) is 3.32. The van der Waals surface area contributed by atoms with Crippen LogP contribution in [0.3, 0.4) is 0 Å². The summed E-state index contributed by atoms with van der Waals surface area (Å²) >= 11 is 3.34. The lowest BCUT2D eigenvalue weighted by molar-refractivity contribution is 0.0940. The molecule has 0 aliphatic rings. The molecule has 5 nitrogen and oxygen atoms in total. The summed E-state index contributed by atoms with van der Waals surface area (Å²) in [7, 11) is 1.76. The SMILES string of the molecule is CNc1ncc(Br)cc1C(=O)NCCN(C(C)C)C(C)C. The molecule has 118 valence electrons. The van der Waals surface area contributed by atoms with Gasteiger partial charge in [0.1, 0.15) is 5.82 Å². The second-order valence-electron chi connectivity index (χ2n) is 5.48. The van der Waals surface area contributed by atoms with Crippen molar-refractivity contribution in [3.63, 3.8) is 0 Å². The van der Waals surface area contributed by atoms with Gasteiger partial charge in [0.15, 0.2) is 0 Å². The standard InChI is InChI=1S/C15H25BrN4O/c1-10(2)20(11(3)4)7-6-18-15(21)13-8-12(16)9-19-14(13)17-5/h8-11H,6-7H2,1-5H3,(H,17,19)(H,18,21). The van der Waals surface area contributed by atoms with Crippen molar-refractivity contribution in [2.45, 2.75) is 39.8 Å². The molecule has 0 atom stereocenters. The molecule has 0 fully saturated rings. The van der Waals surface area contributed by atoms with Gasteiger partial charge in [-0.15, -0.1) is 0 Å². The average Bonchev–Trinajstić information content (AvgIpc) is 2.42. The molecule has 1 aromatic rings. The normalized spacial score (nSPS) is 11.3. The molecule has 21 heavy (non-hydrogen) atoms. The Kier molecular flexibility index (Phi) is 7.11. The topological polar surface area (TPSA) is 57.3 Å². The molecule has 0 spiro atoms. The van der Waals surface area contributed by atoms with Gasteiger partial charge in [-0.1, -0.05) is 0 Å². The van der Waals surface area contributed by atoms with Gasteiger partial charge in [-0.05, 0) is 49.7 Å². The molecule has 1 amide bonds. The fourth-order valence-electron chi connectivity index (χ4n) is 2.32. The fraction of sp³-hybridized carbons (Fsp3) is 0.600. The largest absolute Gasteiger partial charge is 0.372 e. The minimum absolute atomic E-state index is 0.111. The van der Waals surface area contributed by atoms with Crippen LogP contribution >= 0.6 is 15.9 Å². The van der Waals surface area contributed by atoms with E-state index >= 15 is 0 Å². The molecule has 0 radical (unpaired) electrons. The van der Waals surface area contributed by atoms with Gasteiger partial charge < -0.3 is 10.6 Å². The maximum absolute atomic E-state index is 12.3. The van der Waals surface area contributed by atoms with Gasteiger partial charge >= 0.3 is 0 Å². The number of amides is 1. The third kappa shape index (κ3) is 5.28. The molecular weight excluding hydrogens is 332 g/mol. The van der Waals surface area contributed by atoms with Crippen LogP contribution < -0.4 is 10.6 Å². The summed E-state index contributed by atoms with van der Waals surface area (Å²) in [5.41, 5.74) is 0.549. The van der Waals surface area contributed by atoms with Crippen molar-refractivity contribution in [3.05, 3.63) is 22.3 Å². The number of nitrogens with zero attached hydrogens (tertiary/aromatic N) is 2. The van der Waals surface area contributed by atoms with Crippen LogP contribution in [0.15, 0.2) is 16.7 Å². The van der Waals surface area contributed by atoms with E-state index in [0.29, 0.717) is 30.0 Å². The van der Waals surface area contributed by atoms with Crippen LogP contribution in [0.4, 0.5) is 5.82 Å². The van der Waals surface area contributed by atoms with E-state index in [-0.39, 0.29) is 5.91 Å². The van der Waals surface area contributed by atoms with Crippen molar-refractivity contribution in [3.8, 4) is 0 Å². The predicted octanol–water partition coefficient (Wildman–Crippen LogP) is 2.73. The van der Waals surface area contributed by atoms with Gasteiger partial charge in [-0.25, -0.2) is 4.98 Å².